The van der Waals surface area contributed by atoms with Gasteiger partial charge in [-0.05, 0) is 32.4 Å². The fraction of sp³-hybridized carbons (Fsp3) is 0.533. The second kappa shape index (κ2) is 5.95. The highest BCUT2D eigenvalue weighted by molar-refractivity contribution is 5.99. The third-order valence-electron chi connectivity index (χ3n) is 3.26. The van der Waals surface area contributed by atoms with E-state index in [1.807, 2.05) is 36.9 Å². The van der Waals surface area contributed by atoms with Gasteiger partial charge in [0.25, 0.3) is 5.91 Å². The Morgan fingerprint density at radius 1 is 1.47 bits per heavy atom. The molecule has 0 saturated carbocycles. The number of rotatable bonds is 4. The number of anilines is 1. The molecule has 0 spiro atoms. The second-order valence-electron chi connectivity index (χ2n) is 5.05. The zero-order valence-electron chi connectivity index (χ0n) is 11.9. The molecule has 0 saturated heterocycles. The number of carbonyl (C=O) groups excluding carboxylic acids is 1. The molecule has 0 unspecified atom stereocenters. The van der Waals surface area contributed by atoms with E-state index in [0.29, 0.717) is 17.9 Å². The molecule has 1 aliphatic rings. The van der Waals surface area contributed by atoms with E-state index >= 15 is 0 Å². The molecule has 1 heterocycles. The van der Waals surface area contributed by atoms with Crippen molar-refractivity contribution in [1.82, 2.24) is 4.90 Å². The van der Waals surface area contributed by atoms with E-state index in [2.05, 4.69) is 12.2 Å². The molecule has 19 heavy (non-hydrogen) atoms. The first-order valence-corrected chi connectivity index (χ1v) is 6.95. The van der Waals surface area contributed by atoms with E-state index in [1.54, 1.807) is 0 Å². The molecule has 0 aromatic heterocycles. The summed E-state index contributed by atoms with van der Waals surface area (Å²) in [6, 6.07) is 5.89. The van der Waals surface area contributed by atoms with E-state index < -0.39 is 0 Å². The van der Waals surface area contributed by atoms with Gasteiger partial charge in [0, 0.05) is 19.1 Å². The van der Waals surface area contributed by atoms with Gasteiger partial charge in [-0.3, -0.25) is 4.79 Å². The van der Waals surface area contributed by atoms with Crippen molar-refractivity contribution >= 4 is 11.6 Å². The van der Waals surface area contributed by atoms with Crippen molar-refractivity contribution < 1.29 is 9.53 Å². The standard InChI is InChI=1S/C15H22N2O2/c1-4-9-17(11(2)3)15(18)12-6-5-7-13-14(12)19-10-8-16-13/h5-7,11,16H,4,8-10H2,1-3H3. The monoisotopic (exact) mass is 262 g/mol. The number of ether oxygens (including phenoxy) is 1. The molecule has 1 aromatic rings. The number of hydrogen-bond donors (Lipinski definition) is 1. The molecule has 0 bridgehead atoms. The maximum Gasteiger partial charge on any atom is 0.257 e. The van der Waals surface area contributed by atoms with Crippen molar-refractivity contribution in [3.05, 3.63) is 23.8 Å². The molecule has 1 N–H and O–H groups in total. The predicted molar refractivity (Wildman–Crippen MR) is 76.9 cm³/mol. The van der Waals surface area contributed by atoms with Crippen molar-refractivity contribution in [1.29, 1.82) is 0 Å². The third-order valence-corrected chi connectivity index (χ3v) is 3.26. The Hall–Kier alpha value is -1.71. The average Bonchev–Trinajstić information content (AvgIpc) is 2.43. The van der Waals surface area contributed by atoms with Gasteiger partial charge < -0.3 is 15.0 Å². The normalized spacial score (nSPS) is 13.5. The SMILES string of the molecule is CCCN(C(=O)c1cccc2c1OCCN2)C(C)C. The summed E-state index contributed by atoms with van der Waals surface area (Å²) in [5, 5.41) is 3.26. The fourth-order valence-corrected chi connectivity index (χ4v) is 2.33. The number of carbonyl (C=O) groups is 1. The van der Waals surface area contributed by atoms with Gasteiger partial charge in [-0.15, -0.1) is 0 Å². The molecule has 2 rings (SSSR count). The van der Waals surface area contributed by atoms with Crippen LogP contribution in [-0.2, 0) is 0 Å². The van der Waals surface area contributed by atoms with Crippen molar-refractivity contribution in [3.8, 4) is 5.75 Å². The van der Waals surface area contributed by atoms with E-state index in [4.69, 9.17) is 4.74 Å². The summed E-state index contributed by atoms with van der Waals surface area (Å²) in [5.41, 5.74) is 1.57. The van der Waals surface area contributed by atoms with Crippen LogP contribution >= 0.6 is 0 Å². The number of amides is 1. The molecule has 0 atom stereocenters. The van der Waals surface area contributed by atoms with Gasteiger partial charge in [-0.2, -0.15) is 0 Å². The van der Waals surface area contributed by atoms with Crippen molar-refractivity contribution in [3.63, 3.8) is 0 Å². The molecule has 4 nitrogen and oxygen atoms in total. The maximum atomic E-state index is 12.7. The van der Waals surface area contributed by atoms with Gasteiger partial charge in [0.1, 0.15) is 6.61 Å². The Morgan fingerprint density at radius 2 is 2.26 bits per heavy atom. The lowest BCUT2D eigenvalue weighted by Gasteiger charge is -2.28. The van der Waals surface area contributed by atoms with Gasteiger partial charge in [0.05, 0.1) is 11.3 Å². The van der Waals surface area contributed by atoms with Gasteiger partial charge in [-0.1, -0.05) is 13.0 Å². The molecule has 104 valence electrons. The Kier molecular flexibility index (Phi) is 4.30. The second-order valence-corrected chi connectivity index (χ2v) is 5.05. The highest BCUT2D eigenvalue weighted by Crippen LogP contribution is 2.32. The minimum Gasteiger partial charge on any atom is -0.489 e. The Labute approximate surface area is 114 Å². The number of benzene rings is 1. The fourth-order valence-electron chi connectivity index (χ4n) is 2.33. The summed E-state index contributed by atoms with van der Waals surface area (Å²) in [4.78, 5) is 14.6. The molecular weight excluding hydrogens is 240 g/mol. The number of nitrogens with one attached hydrogen (secondary N) is 1. The van der Waals surface area contributed by atoms with Crippen LogP contribution in [0.15, 0.2) is 18.2 Å². The van der Waals surface area contributed by atoms with E-state index in [0.717, 1.165) is 25.2 Å². The van der Waals surface area contributed by atoms with Crippen LogP contribution in [0, 0.1) is 0 Å². The predicted octanol–water partition coefficient (Wildman–Crippen LogP) is 2.75. The quantitative estimate of drug-likeness (QED) is 0.907. The van der Waals surface area contributed by atoms with Gasteiger partial charge in [0.15, 0.2) is 5.75 Å². The summed E-state index contributed by atoms with van der Waals surface area (Å²) in [7, 11) is 0. The van der Waals surface area contributed by atoms with Crippen LogP contribution in [0.25, 0.3) is 0 Å². The van der Waals surface area contributed by atoms with Crippen LogP contribution in [0.1, 0.15) is 37.6 Å². The van der Waals surface area contributed by atoms with Crippen LogP contribution in [0.4, 0.5) is 5.69 Å². The largest absolute Gasteiger partial charge is 0.489 e. The Balaban J connectivity index is 2.32. The Bertz CT molecular complexity index is 457. The number of hydrogen-bond acceptors (Lipinski definition) is 3. The molecule has 0 fully saturated rings. The topological polar surface area (TPSA) is 41.6 Å². The smallest absolute Gasteiger partial charge is 0.257 e. The first kappa shape index (κ1) is 13.7. The maximum absolute atomic E-state index is 12.7. The zero-order valence-corrected chi connectivity index (χ0v) is 11.9. The van der Waals surface area contributed by atoms with E-state index in [1.165, 1.54) is 0 Å². The summed E-state index contributed by atoms with van der Waals surface area (Å²) in [6.45, 7) is 8.33. The summed E-state index contributed by atoms with van der Waals surface area (Å²) in [5.74, 6) is 0.748. The van der Waals surface area contributed by atoms with Crippen LogP contribution < -0.4 is 10.1 Å². The van der Waals surface area contributed by atoms with Gasteiger partial charge in [0.2, 0.25) is 0 Å². The molecule has 1 aliphatic heterocycles. The number of fused-ring (bicyclic) bond motifs is 1. The lowest BCUT2D eigenvalue weighted by atomic mass is 10.1. The highest BCUT2D eigenvalue weighted by atomic mass is 16.5. The van der Waals surface area contributed by atoms with Crippen LogP contribution in [0.3, 0.4) is 0 Å². The summed E-state index contributed by atoms with van der Waals surface area (Å²) >= 11 is 0. The molecule has 1 aromatic carbocycles. The average molecular weight is 262 g/mol. The molecular formula is C15H22N2O2. The summed E-state index contributed by atoms with van der Waals surface area (Å²) in [6.07, 6.45) is 0.956. The molecule has 1 amide bonds. The van der Waals surface area contributed by atoms with E-state index in [9.17, 15) is 4.79 Å². The van der Waals surface area contributed by atoms with Crippen molar-refractivity contribution in [2.24, 2.45) is 0 Å². The first-order chi connectivity index (χ1) is 9.15. The van der Waals surface area contributed by atoms with Gasteiger partial charge >= 0.3 is 0 Å². The molecule has 4 heteroatoms. The highest BCUT2D eigenvalue weighted by Gasteiger charge is 2.24. The molecule has 0 aliphatic carbocycles. The molecule has 0 radical (unpaired) electrons. The minimum atomic E-state index is 0.0531. The Morgan fingerprint density at radius 3 is 2.95 bits per heavy atom. The zero-order chi connectivity index (χ0) is 13.8. The van der Waals surface area contributed by atoms with Crippen molar-refractivity contribution in [2.45, 2.75) is 33.2 Å². The van der Waals surface area contributed by atoms with Gasteiger partial charge in [-0.25, -0.2) is 0 Å². The first-order valence-electron chi connectivity index (χ1n) is 6.95. The van der Waals surface area contributed by atoms with Crippen LogP contribution in [-0.4, -0.2) is 36.5 Å². The van der Waals surface area contributed by atoms with Crippen LogP contribution in [0.5, 0.6) is 5.75 Å². The summed E-state index contributed by atoms with van der Waals surface area (Å²) < 4.78 is 5.67. The number of nitrogens with zero attached hydrogens (tertiary/aromatic N) is 1. The lowest BCUT2D eigenvalue weighted by molar-refractivity contribution is 0.0701. The minimum absolute atomic E-state index is 0.0531. The van der Waals surface area contributed by atoms with Crippen molar-refractivity contribution in [2.75, 3.05) is 25.0 Å². The number of para-hydroxylation sites is 1. The van der Waals surface area contributed by atoms with E-state index in [-0.39, 0.29) is 11.9 Å². The van der Waals surface area contributed by atoms with Crippen LogP contribution in [0.2, 0.25) is 0 Å². The lowest BCUT2D eigenvalue weighted by Crippen LogP contribution is -2.38. The third kappa shape index (κ3) is 2.83.